The van der Waals surface area contributed by atoms with Gasteiger partial charge in [-0.15, -0.1) is 0 Å². The van der Waals surface area contributed by atoms with Crippen LogP contribution in [0, 0.1) is 11.6 Å². The molecule has 0 bridgehead atoms. The summed E-state index contributed by atoms with van der Waals surface area (Å²) >= 11 is 0. The van der Waals surface area contributed by atoms with Crippen LogP contribution in [0.5, 0.6) is 0 Å². The number of imidazole rings is 1. The summed E-state index contributed by atoms with van der Waals surface area (Å²) in [6.07, 6.45) is 7.61. The minimum Gasteiger partial charge on any atom is -0.335 e. The molecular weight excluding hydrogens is 562 g/mol. The number of sulfone groups is 1. The van der Waals surface area contributed by atoms with Crippen LogP contribution in [-0.4, -0.2) is 62.1 Å². The normalized spacial score (nSPS) is 12.0. The zero-order valence-electron chi connectivity index (χ0n) is 22.7. The van der Waals surface area contributed by atoms with Crippen molar-refractivity contribution in [3.05, 3.63) is 77.9 Å². The third-order valence-corrected chi connectivity index (χ3v) is 7.81. The molecule has 0 radical (unpaired) electrons. The maximum atomic E-state index is 16.1. The number of rotatable bonds is 9. The summed E-state index contributed by atoms with van der Waals surface area (Å²) in [6, 6.07) is 7.99. The number of halogens is 2. The average molecular weight is 589 g/mol. The molecule has 42 heavy (non-hydrogen) atoms. The van der Waals surface area contributed by atoms with E-state index in [1.165, 1.54) is 18.3 Å². The van der Waals surface area contributed by atoms with Crippen LogP contribution < -0.4 is 5.32 Å². The first-order valence-electron chi connectivity index (χ1n) is 13.2. The van der Waals surface area contributed by atoms with Crippen LogP contribution in [-0.2, 0) is 22.8 Å². The topological polar surface area (TPSA) is 142 Å². The van der Waals surface area contributed by atoms with E-state index >= 15 is 4.39 Å². The van der Waals surface area contributed by atoms with Crippen molar-refractivity contribution >= 4 is 32.0 Å². The molecule has 10 nitrogen and oxygen atoms in total. The molecule has 0 aliphatic rings. The first-order valence-corrected chi connectivity index (χ1v) is 15.3. The third kappa shape index (κ3) is 5.48. The molecule has 5 heterocycles. The fourth-order valence-electron chi connectivity index (χ4n) is 4.85. The maximum Gasteiger partial charge on any atom is 0.184 e. The molecular formula is C29H26F2N8O2S. The van der Waals surface area contributed by atoms with Gasteiger partial charge in [0.2, 0.25) is 0 Å². The van der Waals surface area contributed by atoms with Gasteiger partial charge in [0.05, 0.1) is 16.7 Å². The van der Waals surface area contributed by atoms with Gasteiger partial charge < -0.3 is 10.3 Å². The fourth-order valence-corrected chi connectivity index (χ4v) is 5.45. The van der Waals surface area contributed by atoms with Gasteiger partial charge in [0.1, 0.15) is 27.2 Å². The van der Waals surface area contributed by atoms with Crippen LogP contribution in [0.25, 0.3) is 56.0 Å². The first-order chi connectivity index (χ1) is 20.2. The average Bonchev–Trinajstić information content (AvgIpc) is 3.59. The Labute approximate surface area is 239 Å². The molecule has 6 aromatic rings. The monoisotopic (exact) mass is 588 g/mol. The molecule has 0 saturated heterocycles. The summed E-state index contributed by atoms with van der Waals surface area (Å²) in [7, 11) is -3.22. The molecule has 0 amide bonds. The van der Waals surface area contributed by atoms with Crippen molar-refractivity contribution in [3.8, 4) is 33.8 Å². The Bertz CT molecular complexity index is 2060. The van der Waals surface area contributed by atoms with Crippen LogP contribution in [0.1, 0.15) is 18.1 Å². The quantitative estimate of drug-likeness (QED) is 0.223. The number of aromatic amines is 2. The molecule has 6 rings (SSSR count). The van der Waals surface area contributed by atoms with E-state index in [2.05, 4.69) is 40.4 Å². The molecule has 1 aromatic carbocycles. The number of nitrogens with one attached hydrogen (secondary N) is 3. The molecule has 0 fully saturated rings. The number of H-pyrrole nitrogens is 2. The number of hydrogen-bond acceptors (Lipinski definition) is 8. The van der Waals surface area contributed by atoms with Crippen molar-refractivity contribution in [1.82, 2.24) is 40.4 Å². The number of hydrogen-bond donors (Lipinski definition) is 3. The number of benzene rings is 1. The molecule has 5 aromatic heterocycles. The van der Waals surface area contributed by atoms with Crippen LogP contribution >= 0.6 is 0 Å². The lowest BCUT2D eigenvalue weighted by molar-refractivity contribution is 0.600. The number of pyridine rings is 3. The van der Waals surface area contributed by atoms with Crippen molar-refractivity contribution < 1.29 is 17.2 Å². The molecule has 0 aliphatic heterocycles. The molecule has 13 heteroatoms. The van der Waals surface area contributed by atoms with Crippen LogP contribution in [0.4, 0.5) is 8.78 Å². The Hall–Kier alpha value is -4.62. The van der Waals surface area contributed by atoms with Gasteiger partial charge in [-0.05, 0) is 53.9 Å². The number of aryl methyl sites for hydroxylation is 1. The fraction of sp³-hybridized carbons (Fsp3) is 0.207. The summed E-state index contributed by atoms with van der Waals surface area (Å²) in [5, 5.41) is 10.4. The summed E-state index contributed by atoms with van der Waals surface area (Å²) in [5.41, 5.74) is 4.72. The molecule has 0 aliphatic carbocycles. The molecule has 0 saturated carbocycles. The second-order valence-corrected chi connectivity index (χ2v) is 12.3. The maximum absolute atomic E-state index is 16.1. The Balaban J connectivity index is 1.42. The molecule has 0 unspecified atom stereocenters. The summed E-state index contributed by atoms with van der Waals surface area (Å²) in [6.45, 7) is 3.40. The number of fused-ring (bicyclic) bond motifs is 2. The van der Waals surface area contributed by atoms with E-state index in [1.807, 2.05) is 13.0 Å². The molecule has 0 spiro atoms. The van der Waals surface area contributed by atoms with Crippen molar-refractivity contribution in [2.45, 2.75) is 19.9 Å². The van der Waals surface area contributed by atoms with Crippen molar-refractivity contribution in [3.63, 3.8) is 0 Å². The molecule has 3 N–H and O–H groups in total. The first kappa shape index (κ1) is 27.5. The van der Waals surface area contributed by atoms with Crippen LogP contribution in [0.15, 0.2) is 55.1 Å². The van der Waals surface area contributed by atoms with E-state index in [0.29, 0.717) is 40.0 Å². The highest BCUT2D eigenvalue weighted by Gasteiger charge is 2.21. The van der Waals surface area contributed by atoms with Gasteiger partial charge in [0.25, 0.3) is 0 Å². The van der Waals surface area contributed by atoms with E-state index in [1.54, 1.807) is 30.7 Å². The standard InChI is InChI=1S/C29H26F2N8O2S/c1-3-32-12-17-9-19(14-33-13-17)22-15-35-27-23(24(22)31)26(38-39-27)29-36-25-21(4-6-34-28(25)37-29)18-8-16(10-20(30)11-18)5-7-42(2,40)41/h4,6,8-11,13-15,32H,3,5,7,12H2,1-2H3,(H,34,36,37)(H,35,38,39). The van der Waals surface area contributed by atoms with Crippen molar-refractivity contribution in [2.24, 2.45) is 0 Å². The van der Waals surface area contributed by atoms with Gasteiger partial charge >= 0.3 is 0 Å². The SMILES string of the molecule is CCNCc1cncc(-c2cnc3n[nH]c(-c4nc5nccc(-c6cc(F)cc(CCS(C)(=O)=O)c6)c5[nH]4)c3c2F)c1. The lowest BCUT2D eigenvalue weighted by Gasteiger charge is -2.07. The van der Waals surface area contributed by atoms with Crippen LogP contribution in [0.3, 0.4) is 0 Å². The van der Waals surface area contributed by atoms with Gasteiger partial charge in [-0.25, -0.2) is 32.2 Å². The van der Waals surface area contributed by atoms with E-state index < -0.39 is 21.5 Å². The Morgan fingerprint density at radius 1 is 0.952 bits per heavy atom. The van der Waals surface area contributed by atoms with Crippen LogP contribution in [0.2, 0.25) is 0 Å². The number of aromatic nitrogens is 7. The Morgan fingerprint density at radius 3 is 2.60 bits per heavy atom. The summed E-state index contributed by atoms with van der Waals surface area (Å²) in [5.74, 6) is -0.844. The van der Waals surface area contributed by atoms with Crippen molar-refractivity contribution in [2.75, 3.05) is 18.6 Å². The van der Waals surface area contributed by atoms with Gasteiger partial charge in [-0.1, -0.05) is 13.0 Å². The zero-order valence-corrected chi connectivity index (χ0v) is 23.6. The second-order valence-electron chi connectivity index (χ2n) is 10.0. The van der Waals surface area contributed by atoms with Gasteiger partial charge in [-0.3, -0.25) is 10.1 Å². The van der Waals surface area contributed by atoms with Gasteiger partial charge in [0, 0.05) is 54.3 Å². The Kier molecular flexibility index (Phi) is 7.21. The Morgan fingerprint density at radius 2 is 1.79 bits per heavy atom. The van der Waals surface area contributed by atoms with Crippen molar-refractivity contribution in [1.29, 1.82) is 0 Å². The predicted octanol–water partition coefficient (Wildman–Crippen LogP) is 4.60. The predicted molar refractivity (Wildman–Crippen MR) is 156 cm³/mol. The van der Waals surface area contributed by atoms with E-state index in [9.17, 15) is 12.8 Å². The largest absolute Gasteiger partial charge is 0.335 e. The highest BCUT2D eigenvalue weighted by molar-refractivity contribution is 7.90. The lowest BCUT2D eigenvalue weighted by Crippen LogP contribution is -2.11. The minimum atomic E-state index is -3.22. The highest BCUT2D eigenvalue weighted by atomic mass is 32.2. The second kappa shape index (κ2) is 11.0. The van der Waals surface area contributed by atoms with E-state index in [-0.39, 0.29) is 40.3 Å². The number of nitrogens with zero attached hydrogens (tertiary/aromatic N) is 5. The summed E-state index contributed by atoms with van der Waals surface area (Å²) < 4.78 is 54.0. The van der Waals surface area contributed by atoms with E-state index in [0.717, 1.165) is 18.4 Å². The molecule has 214 valence electrons. The lowest BCUT2D eigenvalue weighted by atomic mass is 10.0. The van der Waals surface area contributed by atoms with Gasteiger partial charge in [-0.2, -0.15) is 5.10 Å². The minimum absolute atomic E-state index is 0.0969. The third-order valence-electron chi connectivity index (χ3n) is 6.86. The zero-order chi connectivity index (χ0) is 29.4. The highest BCUT2D eigenvalue weighted by Crippen LogP contribution is 2.34. The smallest absolute Gasteiger partial charge is 0.184 e. The molecule has 0 atom stereocenters. The van der Waals surface area contributed by atoms with E-state index in [4.69, 9.17) is 0 Å². The summed E-state index contributed by atoms with van der Waals surface area (Å²) in [4.78, 5) is 20.7. The van der Waals surface area contributed by atoms with Gasteiger partial charge in [0.15, 0.2) is 17.1 Å².